The number of carbonyl (C=O) groups is 1. The Morgan fingerprint density at radius 1 is 1.06 bits per heavy atom. The fraction of sp³-hybridized carbons (Fsp3) is 0.458. The van der Waals surface area contributed by atoms with Crippen LogP contribution in [0, 0.1) is 5.92 Å². The van der Waals surface area contributed by atoms with Crippen LogP contribution in [0.25, 0.3) is 0 Å². The smallest absolute Gasteiger partial charge is 0.253 e. The molecule has 0 saturated carbocycles. The molecule has 0 unspecified atom stereocenters. The van der Waals surface area contributed by atoms with Gasteiger partial charge in [0.15, 0.2) is 0 Å². The van der Waals surface area contributed by atoms with Crippen LogP contribution in [0.2, 0.25) is 0 Å². The molecular formula is C24H32N2O5S. The summed E-state index contributed by atoms with van der Waals surface area (Å²) in [6.07, 6.45) is 2.79. The van der Waals surface area contributed by atoms with Crippen LogP contribution in [0.5, 0.6) is 11.5 Å². The lowest BCUT2D eigenvalue weighted by Gasteiger charge is -2.32. The predicted molar refractivity (Wildman–Crippen MR) is 124 cm³/mol. The van der Waals surface area contributed by atoms with Crippen LogP contribution in [0.4, 0.5) is 0 Å². The first-order valence-electron chi connectivity index (χ1n) is 10.9. The minimum atomic E-state index is -3.79. The topological polar surface area (TPSA) is 84.9 Å². The first-order valence-corrected chi connectivity index (χ1v) is 12.3. The van der Waals surface area contributed by atoms with Gasteiger partial charge in [0.05, 0.1) is 14.2 Å². The molecule has 1 amide bonds. The zero-order valence-corrected chi connectivity index (χ0v) is 19.9. The van der Waals surface area contributed by atoms with E-state index in [1.165, 1.54) is 18.7 Å². The third kappa shape index (κ3) is 5.81. The van der Waals surface area contributed by atoms with Crippen LogP contribution in [0.15, 0.2) is 47.4 Å². The highest BCUT2D eigenvalue weighted by Gasteiger charge is 2.27. The van der Waals surface area contributed by atoms with Crippen LogP contribution in [0.1, 0.15) is 42.6 Å². The number of piperidine rings is 1. The molecule has 2 aromatic carbocycles. The molecule has 2 aromatic rings. The van der Waals surface area contributed by atoms with E-state index in [9.17, 15) is 13.2 Å². The Bertz CT molecular complexity index is 1030. The number of methoxy groups -OCH3 is 2. The molecule has 8 heteroatoms. The molecule has 32 heavy (non-hydrogen) atoms. The Morgan fingerprint density at radius 2 is 1.72 bits per heavy atom. The summed E-state index contributed by atoms with van der Waals surface area (Å²) in [5.41, 5.74) is 1.61. The quantitative estimate of drug-likeness (QED) is 0.652. The molecule has 174 valence electrons. The maximum absolute atomic E-state index is 13.1. The molecule has 0 atom stereocenters. The SMILES string of the molecule is COc1ccc(CC2CCN(C(=O)c3ccc(OC)c(S(=O)(=O)NC(C)C)c3)CC2)cc1. The zero-order chi connectivity index (χ0) is 23.3. The first kappa shape index (κ1) is 24.1. The standard InChI is InChI=1S/C24H32N2O5S/c1-17(2)25-32(28,29)23-16-20(7-10-22(23)31-4)24(27)26-13-11-19(12-14-26)15-18-5-8-21(30-3)9-6-18/h5-10,16-17,19,25H,11-15H2,1-4H3. The molecule has 0 aromatic heterocycles. The second-order valence-corrected chi connectivity index (χ2v) is 10.1. The predicted octanol–water partition coefficient (Wildman–Crippen LogP) is 3.49. The first-order chi connectivity index (χ1) is 15.2. The van der Waals surface area contributed by atoms with Crippen molar-refractivity contribution in [2.24, 2.45) is 5.92 Å². The summed E-state index contributed by atoms with van der Waals surface area (Å²) in [6, 6.07) is 12.4. The van der Waals surface area contributed by atoms with E-state index in [1.807, 2.05) is 12.1 Å². The molecule has 0 spiro atoms. The van der Waals surface area contributed by atoms with E-state index in [1.54, 1.807) is 38.0 Å². The zero-order valence-electron chi connectivity index (χ0n) is 19.1. The van der Waals surface area contributed by atoms with Gasteiger partial charge in [-0.2, -0.15) is 0 Å². The van der Waals surface area contributed by atoms with Gasteiger partial charge in [-0.25, -0.2) is 13.1 Å². The average Bonchev–Trinajstić information content (AvgIpc) is 2.78. The van der Waals surface area contributed by atoms with E-state index >= 15 is 0 Å². The molecular weight excluding hydrogens is 428 g/mol. The van der Waals surface area contributed by atoms with Crippen molar-refractivity contribution in [2.45, 2.75) is 44.0 Å². The third-order valence-electron chi connectivity index (χ3n) is 5.68. The van der Waals surface area contributed by atoms with Gasteiger partial charge in [-0.05, 0) is 74.9 Å². The Labute approximate surface area is 190 Å². The van der Waals surface area contributed by atoms with E-state index in [0.29, 0.717) is 24.6 Å². The van der Waals surface area contributed by atoms with Gasteiger partial charge >= 0.3 is 0 Å². The average molecular weight is 461 g/mol. The third-order valence-corrected chi connectivity index (χ3v) is 7.36. The molecule has 1 aliphatic heterocycles. The van der Waals surface area contributed by atoms with Crippen molar-refractivity contribution >= 4 is 15.9 Å². The van der Waals surface area contributed by atoms with Gasteiger partial charge in [0.2, 0.25) is 10.0 Å². The number of sulfonamides is 1. The summed E-state index contributed by atoms with van der Waals surface area (Å²) < 4.78 is 38.4. The molecule has 0 aliphatic carbocycles. The number of ether oxygens (including phenoxy) is 2. The highest BCUT2D eigenvalue weighted by molar-refractivity contribution is 7.89. The number of nitrogens with zero attached hydrogens (tertiary/aromatic N) is 1. The van der Waals surface area contributed by atoms with Gasteiger partial charge in [0, 0.05) is 24.7 Å². The molecule has 1 N–H and O–H groups in total. The monoisotopic (exact) mass is 460 g/mol. The van der Waals surface area contributed by atoms with Gasteiger partial charge in [-0.1, -0.05) is 12.1 Å². The largest absolute Gasteiger partial charge is 0.497 e. The van der Waals surface area contributed by atoms with E-state index in [4.69, 9.17) is 9.47 Å². The van der Waals surface area contributed by atoms with Crippen molar-refractivity contribution in [1.82, 2.24) is 9.62 Å². The van der Waals surface area contributed by atoms with Crippen molar-refractivity contribution in [1.29, 1.82) is 0 Å². The van der Waals surface area contributed by atoms with Crippen LogP contribution in [-0.2, 0) is 16.4 Å². The highest BCUT2D eigenvalue weighted by atomic mass is 32.2. The summed E-state index contributed by atoms with van der Waals surface area (Å²) in [5, 5.41) is 0. The van der Waals surface area contributed by atoms with Crippen molar-refractivity contribution in [2.75, 3.05) is 27.3 Å². The van der Waals surface area contributed by atoms with Crippen molar-refractivity contribution in [3.8, 4) is 11.5 Å². The Morgan fingerprint density at radius 3 is 2.28 bits per heavy atom. The molecule has 1 heterocycles. The van der Waals surface area contributed by atoms with Crippen LogP contribution in [-0.4, -0.2) is 52.6 Å². The number of nitrogens with one attached hydrogen (secondary N) is 1. The van der Waals surface area contributed by atoms with Crippen molar-refractivity contribution in [3.05, 3.63) is 53.6 Å². The maximum atomic E-state index is 13.1. The summed E-state index contributed by atoms with van der Waals surface area (Å²) in [4.78, 5) is 14.9. The number of carbonyl (C=O) groups excluding carboxylic acids is 1. The second-order valence-electron chi connectivity index (χ2n) is 8.43. The fourth-order valence-electron chi connectivity index (χ4n) is 4.01. The fourth-order valence-corrected chi connectivity index (χ4v) is 5.46. The van der Waals surface area contributed by atoms with Crippen molar-refractivity contribution < 1.29 is 22.7 Å². The summed E-state index contributed by atoms with van der Waals surface area (Å²) in [6.45, 7) is 4.79. The van der Waals surface area contributed by atoms with E-state index in [-0.39, 0.29) is 22.6 Å². The molecule has 0 bridgehead atoms. The number of benzene rings is 2. The van der Waals surface area contributed by atoms with Gasteiger partial charge in [0.25, 0.3) is 5.91 Å². The van der Waals surface area contributed by atoms with Gasteiger partial charge in [-0.15, -0.1) is 0 Å². The van der Waals surface area contributed by atoms with Gasteiger partial charge < -0.3 is 14.4 Å². The summed E-state index contributed by atoms with van der Waals surface area (Å²) in [7, 11) is -0.720. The number of amides is 1. The molecule has 7 nitrogen and oxygen atoms in total. The Hall–Kier alpha value is -2.58. The van der Waals surface area contributed by atoms with Gasteiger partial charge in [0.1, 0.15) is 16.4 Å². The van der Waals surface area contributed by atoms with Crippen molar-refractivity contribution in [3.63, 3.8) is 0 Å². The normalized spacial score (nSPS) is 15.1. The number of hydrogen-bond donors (Lipinski definition) is 1. The number of likely N-dealkylation sites (tertiary alicyclic amines) is 1. The van der Waals surface area contributed by atoms with Crippen LogP contribution in [0.3, 0.4) is 0 Å². The van der Waals surface area contributed by atoms with E-state index in [0.717, 1.165) is 25.0 Å². The maximum Gasteiger partial charge on any atom is 0.253 e. The Kier molecular flexibility index (Phi) is 7.79. The minimum Gasteiger partial charge on any atom is -0.497 e. The molecule has 1 fully saturated rings. The van der Waals surface area contributed by atoms with E-state index < -0.39 is 10.0 Å². The van der Waals surface area contributed by atoms with E-state index in [2.05, 4.69) is 16.9 Å². The minimum absolute atomic E-state index is 0.0195. The molecule has 0 radical (unpaired) electrons. The van der Waals surface area contributed by atoms with Crippen LogP contribution < -0.4 is 14.2 Å². The lowest BCUT2D eigenvalue weighted by molar-refractivity contribution is 0.0690. The number of hydrogen-bond acceptors (Lipinski definition) is 5. The van der Waals surface area contributed by atoms with Gasteiger partial charge in [-0.3, -0.25) is 4.79 Å². The summed E-state index contributed by atoms with van der Waals surface area (Å²) in [5.74, 6) is 1.41. The highest BCUT2D eigenvalue weighted by Crippen LogP contribution is 2.28. The second kappa shape index (κ2) is 10.4. The lowest BCUT2D eigenvalue weighted by atomic mass is 9.90. The molecule has 1 saturated heterocycles. The summed E-state index contributed by atoms with van der Waals surface area (Å²) >= 11 is 0. The molecule has 3 rings (SSSR count). The Balaban J connectivity index is 1.67. The molecule has 1 aliphatic rings. The lowest BCUT2D eigenvalue weighted by Crippen LogP contribution is -2.39. The van der Waals surface area contributed by atoms with Crippen LogP contribution >= 0.6 is 0 Å². The number of rotatable bonds is 8.